The van der Waals surface area contributed by atoms with Crippen molar-refractivity contribution in [1.29, 1.82) is 0 Å². The molecule has 13 aromatic rings. The van der Waals surface area contributed by atoms with Gasteiger partial charge in [0, 0.05) is 59.2 Å². The number of hydrogen-bond acceptors (Lipinski definition) is 3. The van der Waals surface area contributed by atoms with Gasteiger partial charge in [-0.15, -0.1) is 11.3 Å². The van der Waals surface area contributed by atoms with Gasteiger partial charge in [0.15, 0.2) is 5.82 Å². The zero-order chi connectivity index (χ0) is 35.8. The first-order valence-electron chi connectivity index (χ1n) is 18.7. The second-order valence-electron chi connectivity index (χ2n) is 14.5. The highest BCUT2D eigenvalue weighted by Crippen LogP contribution is 2.48. The summed E-state index contributed by atoms with van der Waals surface area (Å²) in [6, 6.07) is 61.5. The van der Waals surface area contributed by atoms with Gasteiger partial charge in [-0.3, -0.25) is 0 Å². The second kappa shape index (κ2) is 10.8. The van der Waals surface area contributed by atoms with Crippen LogP contribution in [0.4, 0.5) is 0 Å². The molecule has 0 fully saturated rings. The highest BCUT2D eigenvalue weighted by atomic mass is 32.1. The molecule has 0 aliphatic heterocycles. The summed E-state index contributed by atoms with van der Waals surface area (Å²) in [5.41, 5.74) is 11.3. The predicted molar refractivity (Wildman–Crippen MR) is 232 cm³/mol. The van der Waals surface area contributed by atoms with E-state index in [0.717, 1.165) is 38.5 Å². The van der Waals surface area contributed by atoms with Crippen molar-refractivity contribution in [1.82, 2.24) is 18.9 Å². The molecule has 0 radical (unpaired) electrons. The van der Waals surface area contributed by atoms with Crippen LogP contribution in [0, 0.1) is 0 Å². The monoisotopic (exact) mass is 716 g/mol. The molecule has 5 aromatic heterocycles. The van der Waals surface area contributed by atoms with E-state index in [-0.39, 0.29) is 0 Å². The zero-order valence-electron chi connectivity index (χ0n) is 29.4. The topological polar surface area (TPSA) is 35.1 Å². The Balaban J connectivity index is 1.09. The number of para-hydroxylation sites is 2. The number of rotatable bonds is 3. The van der Waals surface area contributed by atoms with Crippen LogP contribution in [0.25, 0.3) is 119 Å². The van der Waals surface area contributed by atoms with Gasteiger partial charge in [-0.2, -0.15) is 0 Å². The second-order valence-corrected chi connectivity index (χ2v) is 15.6. The smallest absolute Gasteiger partial charge is 0.160 e. The molecule has 5 heteroatoms. The lowest BCUT2D eigenvalue weighted by atomic mass is 9.98. The van der Waals surface area contributed by atoms with Gasteiger partial charge in [-0.25, -0.2) is 9.97 Å². The molecule has 0 saturated heterocycles. The normalized spacial score (nSPS) is 12.4. The molecule has 55 heavy (non-hydrogen) atoms. The van der Waals surface area contributed by atoms with Crippen LogP contribution in [0.15, 0.2) is 170 Å². The minimum Gasteiger partial charge on any atom is -0.309 e. The SMILES string of the molecule is c1ccc(-c2nc(-c3ccc(-n4c5ccccc5c5c6c7c8ccccc8ccc7n7c8ccccc8c(cc54)c67)cc3)nc3c2sc2ccccc23)cc1. The van der Waals surface area contributed by atoms with Crippen LogP contribution in [0.2, 0.25) is 0 Å². The largest absolute Gasteiger partial charge is 0.309 e. The van der Waals surface area contributed by atoms with Crippen LogP contribution < -0.4 is 0 Å². The fourth-order valence-electron chi connectivity index (χ4n) is 9.32. The highest BCUT2D eigenvalue weighted by molar-refractivity contribution is 7.26. The maximum Gasteiger partial charge on any atom is 0.160 e. The molecule has 8 aromatic carbocycles. The van der Waals surface area contributed by atoms with Crippen molar-refractivity contribution >= 4 is 102 Å². The molecule has 0 atom stereocenters. The molecule has 0 saturated carbocycles. The van der Waals surface area contributed by atoms with Crippen LogP contribution >= 0.6 is 11.3 Å². The van der Waals surface area contributed by atoms with Crippen molar-refractivity contribution in [3.63, 3.8) is 0 Å². The van der Waals surface area contributed by atoms with Crippen LogP contribution in [-0.2, 0) is 0 Å². The molecule has 0 aliphatic carbocycles. The fraction of sp³-hybridized carbons (Fsp3) is 0. The Morgan fingerprint density at radius 2 is 1.13 bits per heavy atom. The Hall–Kier alpha value is -7.08. The van der Waals surface area contributed by atoms with E-state index in [0.29, 0.717) is 0 Å². The van der Waals surface area contributed by atoms with Crippen molar-refractivity contribution in [2.24, 2.45) is 0 Å². The highest BCUT2D eigenvalue weighted by Gasteiger charge is 2.25. The van der Waals surface area contributed by atoms with Crippen LogP contribution in [0.1, 0.15) is 0 Å². The minimum atomic E-state index is 0.731. The average molecular weight is 717 g/mol. The number of fused-ring (bicyclic) bond motifs is 15. The van der Waals surface area contributed by atoms with E-state index < -0.39 is 0 Å². The lowest BCUT2D eigenvalue weighted by Crippen LogP contribution is -1.96. The molecule has 0 N–H and O–H groups in total. The Bertz CT molecular complexity index is 3700. The third-order valence-corrected chi connectivity index (χ3v) is 12.8. The van der Waals surface area contributed by atoms with E-state index in [4.69, 9.17) is 9.97 Å². The van der Waals surface area contributed by atoms with Gasteiger partial charge in [0.05, 0.1) is 43.5 Å². The first-order valence-corrected chi connectivity index (χ1v) is 19.5. The van der Waals surface area contributed by atoms with Gasteiger partial charge < -0.3 is 8.97 Å². The summed E-state index contributed by atoms with van der Waals surface area (Å²) in [6.45, 7) is 0. The number of hydrogen-bond donors (Lipinski definition) is 0. The average Bonchev–Trinajstić information content (AvgIpc) is 3.99. The molecule has 5 heterocycles. The van der Waals surface area contributed by atoms with Crippen molar-refractivity contribution in [2.45, 2.75) is 0 Å². The van der Waals surface area contributed by atoms with E-state index in [1.807, 2.05) is 0 Å². The molecule has 13 rings (SSSR count). The van der Waals surface area contributed by atoms with Crippen molar-refractivity contribution in [2.75, 3.05) is 0 Å². The molecule has 0 bridgehead atoms. The summed E-state index contributed by atoms with van der Waals surface area (Å²) in [6.07, 6.45) is 0. The van der Waals surface area contributed by atoms with E-state index >= 15 is 0 Å². The van der Waals surface area contributed by atoms with Gasteiger partial charge in [-0.1, -0.05) is 115 Å². The molecule has 0 amide bonds. The quantitative estimate of drug-likeness (QED) is 0.182. The van der Waals surface area contributed by atoms with Crippen LogP contribution in [-0.4, -0.2) is 18.9 Å². The summed E-state index contributed by atoms with van der Waals surface area (Å²) >= 11 is 1.76. The van der Waals surface area contributed by atoms with Crippen molar-refractivity contribution in [3.05, 3.63) is 170 Å². The van der Waals surface area contributed by atoms with E-state index in [1.165, 1.54) is 80.8 Å². The number of benzene rings is 8. The third-order valence-electron chi connectivity index (χ3n) is 11.6. The van der Waals surface area contributed by atoms with Gasteiger partial charge in [-0.05, 0) is 65.4 Å². The fourth-order valence-corrected chi connectivity index (χ4v) is 10.5. The first-order chi connectivity index (χ1) is 27.3. The van der Waals surface area contributed by atoms with Crippen molar-refractivity contribution < 1.29 is 0 Å². The number of thiophene rings is 1. The third kappa shape index (κ3) is 3.89. The summed E-state index contributed by atoms with van der Waals surface area (Å²) < 4.78 is 7.29. The first kappa shape index (κ1) is 29.4. The molecular weight excluding hydrogens is 689 g/mol. The number of nitrogens with zero attached hydrogens (tertiary/aromatic N) is 4. The van der Waals surface area contributed by atoms with E-state index in [1.54, 1.807) is 11.3 Å². The minimum absolute atomic E-state index is 0.731. The lowest BCUT2D eigenvalue weighted by molar-refractivity contribution is 1.18. The molecule has 0 aliphatic rings. The molecular formula is C50H28N4S. The molecule has 0 unspecified atom stereocenters. The zero-order valence-corrected chi connectivity index (χ0v) is 30.2. The number of aromatic nitrogens is 4. The Kier molecular flexibility index (Phi) is 5.74. The molecule has 254 valence electrons. The van der Waals surface area contributed by atoms with Crippen LogP contribution in [0.3, 0.4) is 0 Å². The Labute approximate surface area is 318 Å². The molecule has 0 spiro atoms. The van der Waals surface area contributed by atoms with Gasteiger partial charge >= 0.3 is 0 Å². The standard InChI is InChI=1S/C50H28N4S/c1-2-13-30(14-3-1)46-49-47(36-18-8-11-21-42(36)55-49)52-50(51-46)31-22-25-32(26-23-31)53-39-20-10-7-17-35(39)44-41(53)28-37-34-16-6-9-19-38(34)54-40-27-24-29-12-4-5-15-33(29)43(40)45(44)48(37)54/h1-28H. The summed E-state index contributed by atoms with van der Waals surface area (Å²) in [4.78, 5) is 10.5. The van der Waals surface area contributed by atoms with Crippen LogP contribution in [0.5, 0.6) is 0 Å². The lowest BCUT2D eigenvalue weighted by Gasteiger charge is -2.11. The van der Waals surface area contributed by atoms with E-state index in [2.05, 4.69) is 179 Å². The summed E-state index contributed by atoms with van der Waals surface area (Å²) in [5.74, 6) is 0.731. The van der Waals surface area contributed by atoms with E-state index in [9.17, 15) is 0 Å². The Morgan fingerprint density at radius 3 is 1.98 bits per heavy atom. The van der Waals surface area contributed by atoms with Gasteiger partial charge in [0.25, 0.3) is 0 Å². The maximum absolute atomic E-state index is 5.25. The van der Waals surface area contributed by atoms with Gasteiger partial charge in [0.1, 0.15) is 0 Å². The molecule has 4 nitrogen and oxygen atoms in total. The Morgan fingerprint density at radius 1 is 0.436 bits per heavy atom. The predicted octanol–water partition coefficient (Wildman–Crippen LogP) is 13.6. The van der Waals surface area contributed by atoms with Crippen molar-refractivity contribution in [3.8, 4) is 28.3 Å². The maximum atomic E-state index is 5.25. The summed E-state index contributed by atoms with van der Waals surface area (Å²) in [7, 11) is 0. The summed E-state index contributed by atoms with van der Waals surface area (Å²) in [5, 5.41) is 11.4. The van der Waals surface area contributed by atoms with Gasteiger partial charge in [0.2, 0.25) is 0 Å².